The monoisotopic (exact) mass is 296 g/mol. The molecule has 0 radical (unpaired) electrons. The average molecular weight is 296 g/mol. The van der Waals surface area contributed by atoms with E-state index in [9.17, 15) is 4.79 Å². The first-order valence-corrected chi connectivity index (χ1v) is 8.57. The van der Waals surface area contributed by atoms with E-state index in [1.54, 1.807) is 0 Å². The van der Waals surface area contributed by atoms with E-state index in [1.165, 1.54) is 44.9 Å². The minimum Gasteiger partial charge on any atom is -0.393 e. The summed E-state index contributed by atoms with van der Waals surface area (Å²) in [6, 6.07) is 0. The van der Waals surface area contributed by atoms with Crippen molar-refractivity contribution in [1.82, 2.24) is 4.90 Å². The summed E-state index contributed by atoms with van der Waals surface area (Å²) in [7, 11) is 0. The highest BCUT2D eigenvalue weighted by atomic mass is 32.1. The molecular formula is C16H28N2OS. The Balaban J connectivity index is 1.92. The van der Waals surface area contributed by atoms with Crippen LogP contribution in [-0.2, 0) is 4.79 Å². The van der Waals surface area contributed by atoms with Crippen LogP contribution in [0.3, 0.4) is 0 Å². The normalized spacial score (nSPS) is 23.6. The summed E-state index contributed by atoms with van der Waals surface area (Å²) in [5, 5.41) is 0. The van der Waals surface area contributed by atoms with Crippen LogP contribution in [0.5, 0.6) is 0 Å². The summed E-state index contributed by atoms with van der Waals surface area (Å²) in [6.45, 7) is 3.88. The number of carbonyl (C=O) groups excluding carboxylic acids is 1. The van der Waals surface area contributed by atoms with Crippen molar-refractivity contribution in [1.29, 1.82) is 0 Å². The standard InChI is InChI=1S/C16H28N2OS/c1-2-6-13(14(17)20)15(19)18-11-9-16(10-12-18)7-4-3-5-8-16/h13H,2-12H2,1H3,(H2,17,20). The second kappa shape index (κ2) is 6.88. The molecule has 3 nitrogen and oxygen atoms in total. The molecule has 1 heterocycles. The molecule has 1 atom stereocenters. The Morgan fingerprint density at radius 2 is 1.80 bits per heavy atom. The van der Waals surface area contributed by atoms with Crippen LogP contribution >= 0.6 is 12.2 Å². The summed E-state index contributed by atoms with van der Waals surface area (Å²) in [6.07, 6.45) is 11.0. The average Bonchev–Trinajstić information content (AvgIpc) is 2.45. The van der Waals surface area contributed by atoms with Gasteiger partial charge in [-0.1, -0.05) is 44.8 Å². The van der Waals surface area contributed by atoms with Gasteiger partial charge in [-0.05, 0) is 37.5 Å². The smallest absolute Gasteiger partial charge is 0.232 e. The fourth-order valence-electron chi connectivity index (χ4n) is 3.90. The minimum absolute atomic E-state index is 0.171. The van der Waals surface area contributed by atoms with E-state index in [0.717, 1.165) is 25.9 Å². The van der Waals surface area contributed by atoms with Gasteiger partial charge in [0, 0.05) is 13.1 Å². The number of piperidine rings is 1. The molecule has 0 aromatic rings. The Labute approximate surface area is 128 Å². The molecule has 1 spiro atoms. The number of amides is 1. The van der Waals surface area contributed by atoms with Gasteiger partial charge in [-0.25, -0.2) is 0 Å². The van der Waals surface area contributed by atoms with Crippen LogP contribution in [0.15, 0.2) is 0 Å². The van der Waals surface area contributed by atoms with Crippen molar-refractivity contribution in [2.24, 2.45) is 17.1 Å². The number of thiocarbonyl (C=S) groups is 1. The zero-order valence-corrected chi connectivity index (χ0v) is 13.5. The first-order valence-electron chi connectivity index (χ1n) is 8.16. The van der Waals surface area contributed by atoms with Crippen molar-refractivity contribution >= 4 is 23.1 Å². The maximum absolute atomic E-state index is 12.6. The molecule has 20 heavy (non-hydrogen) atoms. The van der Waals surface area contributed by atoms with Gasteiger partial charge < -0.3 is 10.6 Å². The maximum atomic E-state index is 12.6. The lowest BCUT2D eigenvalue weighted by molar-refractivity contribution is -0.136. The van der Waals surface area contributed by atoms with Crippen molar-refractivity contribution in [2.75, 3.05) is 13.1 Å². The van der Waals surface area contributed by atoms with E-state index in [1.807, 2.05) is 4.90 Å². The zero-order chi connectivity index (χ0) is 14.6. The van der Waals surface area contributed by atoms with Crippen LogP contribution in [0.4, 0.5) is 0 Å². The quantitative estimate of drug-likeness (QED) is 0.810. The minimum atomic E-state index is -0.240. The Kier molecular flexibility index (Phi) is 5.42. The Morgan fingerprint density at radius 3 is 2.30 bits per heavy atom. The molecule has 1 saturated heterocycles. The van der Waals surface area contributed by atoms with Gasteiger partial charge in [0.1, 0.15) is 0 Å². The lowest BCUT2D eigenvalue weighted by Gasteiger charge is -2.45. The fourth-order valence-corrected chi connectivity index (χ4v) is 4.12. The summed E-state index contributed by atoms with van der Waals surface area (Å²) in [5.74, 6) is -0.0691. The predicted molar refractivity (Wildman–Crippen MR) is 86.5 cm³/mol. The van der Waals surface area contributed by atoms with Gasteiger partial charge >= 0.3 is 0 Å². The lowest BCUT2D eigenvalue weighted by Crippen LogP contribution is -2.48. The Bertz CT molecular complexity index is 353. The Morgan fingerprint density at radius 1 is 1.20 bits per heavy atom. The van der Waals surface area contributed by atoms with Crippen molar-refractivity contribution in [2.45, 2.75) is 64.7 Å². The van der Waals surface area contributed by atoms with E-state index in [2.05, 4.69) is 6.92 Å². The van der Waals surface area contributed by atoms with Gasteiger partial charge in [0.05, 0.1) is 10.9 Å². The zero-order valence-electron chi connectivity index (χ0n) is 12.7. The number of rotatable bonds is 4. The molecule has 0 aromatic carbocycles. The maximum Gasteiger partial charge on any atom is 0.232 e. The van der Waals surface area contributed by atoms with Crippen molar-refractivity contribution in [3.63, 3.8) is 0 Å². The van der Waals surface area contributed by atoms with Crippen molar-refractivity contribution in [3.05, 3.63) is 0 Å². The highest BCUT2D eigenvalue weighted by molar-refractivity contribution is 7.80. The molecule has 1 unspecified atom stereocenters. The molecule has 2 aliphatic rings. The van der Waals surface area contributed by atoms with Crippen molar-refractivity contribution < 1.29 is 4.79 Å². The van der Waals surface area contributed by atoms with E-state index >= 15 is 0 Å². The van der Waals surface area contributed by atoms with Gasteiger partial charge in [0.25, 0.3) is 0 Å². The first kappa shape index (κ1) is 15.7. The molecule has 114 valence electrons. The van der Waals surface area contributed by atoms with Gasteiger partial charge in [0.15, 0.2) is 0 Å². The van der Waals surface area contributed by atoms with E-state index < -0.39 is 0 Å². The number of hydrogen-bond donors (Lipinski definition) is 1. The summed E-state index contributed by atoms with van der Waals surface area (Å²) >= 11 is 5.08. The Hall–Kier alpha value is -0.640. The fraction of sp³-hybridized carbons (Fsp3) is 0.875. The number of likely N-dealkylation sites (tertiary alicyclic amines) is 1. The molecule has 1 amide bonds. The number of nitrogens with two attached hydrogens (primary N) is 1. The third-order valence-corrected chi connectivity index (χ3v) is 5.55. The van der Waals surface area contributed by atoms with Crippen LogP contribution in [0.2, 0.25) is 0 Å². The number of carbonyl (C=O) groups is 1. The van der Waals surface area contributed by atoms with Crippen LogP contribution in [0.1, 0.15) is 64.7 Å². The lowest BCUT2D eigenvalue weighted by atomic mass is 9.68. The first-order chi connectivity index (χ1) is 9.58. The molecule has 1 saturated carbocycles. The summed E-state index contributed by atoms with van der Waals surface area (Å²) < 4.78 is 0. The van der Waals surface area contributed by atoms with Gasteiger partial charge in [0.2, 0.25) is 5.91 Å². The van der Waals surface area contributed by atoms with Crippen LogP contribution < -0.4 is 5.73 Å². The molecule has 2 N–H and O–H groups in total. The molecule has 1 aliphatic heterocycles. The molecular weight excluding hydrogens is 268 g/mol. The van der Waals surface area contributed by atoms with E-state index in [-0.39, 0.29) is 11.8 Å². The molecule has 4 heteroatoms. The molecule has 2 fully saturated rings. The van der Waals surface area contributed by atoms with E-state index in [4.69, 9.17) is 18.0 Å². The highest BCUT2D eigenvalue weighted by Gasteiger charge is 2.38. The van der Waals surface area contributed by atoms with Gasteiger partial charge in [-0.3, -0.25) is 4.79 Å². The molecule has 0 aromatic heterocycles. The largest absolute Gasteiger partial charge is 0.393 e. The third kappa shape index (κ3) is 3.51. The van der Waals surface area contributed by atoms with Gasteiger partial charge in [-0.2, -0.15) is 0 Å². The topological polar surface area (TPSA) is 46.3 Å². The third-order valence-electron chi connectivity index (χ3n) is 5.27. The van der Waals surface area contributed by atoms with E-state index in [0.29, 0.717) is 10.4 Å². The van der Waals surface area contributed by atoms with Crippen molar-refractivity contribution in [3.8, 4) is 0 Å². The summed E-state index contributed by atoms with van der Waals surface area (Å²) in [4.78, 5) is 14.9. The molecule has 1 aliphatic carbocycles. The number of nitrogens with zero attached hydrogens (tertiary/aromatic N) is 1. The SMILES string of the molecule is CCCC(C(=O)N1CCC2(CCCCC2)CC1)C(N)=S. The van der Waals surface area contributed by atoms with Gasteiger partial charge in [-0.15, -0.1) is 0 Å². The summed E-state index contributed by atoms with van der Waals surface area (Å²) in [5.41, 5.74) is 6.29. The second-order valence-corrected chi connectivity index (χ2v) is 7.10. The molecule has 2 rings (SSSR count). The van der Waals surface area contributed by atoms with Crippen LogP contribution in [0.25, 0.3) is 0 Å². The molecule has 0 bridgehead atoms. The number of hydrogen-bond acceptors (Lipinski definition) is 2. The predicted octanol–water partition coefficient (Wildman–Crippen LogP) is 3.26. The van der Waals surface area contributed by atoms with Crippen LogP contribution in [0, 0.1) is 11.3 Å². The van der Waals surface area contributed by atoms with Crippen LogP contribution in [-0.4, -0.2) is 28.9 Å². The highest BCUT2D eigenvalue weighted by Crippen LogP contribution is 2.44. The second-order valence-electron chi connectivity index (χ2n) is 6.63.